The van der Waals surface area contributed by atoms with Crippen LogP contribution in [-0.2, 0) is 4.79 Å². The third-order valence-electron chi connectivity index (χ3n) is 5.67. The fraction of sp³-hybridized carbons (Fsp3) is 0.929. The van der Waals surface area contributed by atoms with Gasteiger partial charge < -0.3 is 15.0 Å². The van der Waals surface area contributed by atoms with E-state index in [4.69, 9.17) is 0 Å². The lowest BCUT2D eigenvalue weighted by molar-refractivity contribution is -0.312. The number of carboxylic acid groups (broad SMARTS) is 1. The van der Waals surface area contributed by atoms with Gasteiger partial charge in [-0.1, -0.05) is 0 Å². The van der Waals surface area contributed by atoms with Gasteiger partial charge in [0.25, 0.3) is 0 Å². The Morgan fingerprint density at radius 3 is 2.00 bits per heavy atom. The molecule has 4 saturated carbocycles. The highest BCUT2D eigenvalue weighted by molar-refractivity contribution is 5.65. The average molecular weight is 237 g/mol. The van der Waals surface area contributed by atoms with Crippen LogP contribution in [0.2, 0.25) is 0 Å². The van der Waals surface area contributed by atoms with Crippen molar-refractivity contribution in [3.05, 3.63) is 0 Å². The molecule has 17 heavy (non-hydrogen) atoms. The maximum atomic E-state index is 10.8. The van der Waals surface area contributed by atoms with E-state index < -0.39 is 11.6 Å². The molecule has 0 radical (unpaired) electrons. The quantitative estimate of drug-likeness (QED) is 0.799. The molecule has 4 fully saturated rings. The lowest BCUT2D eigenvalue weighted by Crippen LogP contribution is -2.58. The predicted molar refractivity (Wildman–Crippen MR) is 60.9 cm³/mol. The highest BCUT2D eigenvalue weighted by Crippen LogP contribution is 2.64. The topological polar surface area (TPSA) is 60.4 Å². The van der Waals surface area contributed by atoms with Crippen LogP contribution >= 0.6 is 0 Å². The molecule has 96 valence electrons. The molecule has 1 N–H and O–H groups in total. The summed E-state index contributed by atoms with van der Waals surface area (Å²) in [6.45, 7) is 1.72. The van der Waals surface area contributed by atoms with Gasteiger partial charge >= 0.3 is 0 Å². The molecular formula is C14H21O3-. The van der Waals surface area contributed by atoms with E-state index in [0.29, 0.717) is 0 Å². The Labute approximate surface area is 102 Å². The van der Waals surface area contributed by atoms with Crippen molar-refractivity contribution in [3.8, 4) is 0 Å². The Balaban J connectivity index is 1.88. The minimum absolute atomic E-state index is 0.137. The molecule has 0 heterocycles. The van der Waals surface area contributed by atoms with Gasteiger partial charge in [-0.2, -0.15) is 0 Å². The molecule has 4 rings (SSSR count). The van der Waals surface area contributed by atoms with E-state index in [1.54, 1.807) is 6.92 Å². The number of aliphatic hydroxyl groups is 1. The first-order valence-electron chi connectivity index (χ1n) is 6.82. The zero-order valence-electron chi connectivity index (χ0n) is 10.4. The van der Waals surface area contributed by atoms with Crippen molar-refractivity contribution in [2.75, 3.05) is 0 Å². The van der Waals surface area contributed by atoms with Crippen LogP contribution in [0.25, 0.3) is 0 Å². The van der Waals surface area contributed by atoms with E-state index in [0.717, 1.165) is 37.0 Å². The number of carboxylic acids is 1. The number of hydrogen-bond donors (Lipinski definition) is 1. The monoisotopic (exact) mass is 237 g/mol. The van der Waals surface area contributed by atoms with E-state index in [2.05, 4.69) is 0 Å². The zero-order chi connectivity index (χ0) is 12.3. The Kier molecular flexibility index (Phi) is 2.35. The van der Waals surface area contributed by atoms with Crippen LogP contribution in [0.15, 0.2) is 0 Å². The number of carbonyl (C=O) groups is 1. The number of carbonyl (C=O) groups excluding carboxylic acids is 1. The summed E-state index contributed by atoms with van der Waals surface area (Å²) in [4.78, 5) is 10.8. The first-order chi connectivity index (χ1) is 7.90. The molecule has 3 heteroatoms. The van der Waals surface area contributed by atoms with Gasteiger partial charge in [0.1, 0.15) is 0 Å². The molecule has 1 atom stereocenters. The molecular weight excluding hydrogens is 216 g/mol. The van der Waals surface area contributed by atoms with Gasteiger partial charge in [0.15, 0.2) is 0 Å². The average Bonchev–Trinajstić information content (AvgIpc) is 2.12. The molecule has 4 aliphatic rings. The van der Waals surface area contributed by atoms with Gasteiger partial charge in [-0.05, 0) is 63.2 Å². The summed E-state index contributed by atoms with van der Waals surface area (Å²) in [5.74, 6) is 1.07. The molecule has 0 spiro atoms. The molecule has 0 amide bonds. The largest absolute Gasteiger partial charge is 0.550 e. The summed E-state index contributed by atoms with van der Waals surface area (Å²) < 4.78 is 0. The van der Waals surface area contributed by atoms with Crippen molar-refractivity contribution >= 4 is 5.97 Å². The van der Waals surface area contributed by atoms with Crippen LogP contribution in [0.4, 0.5) is 0 Å². The second-order valence-corrected chi connectivity index (χ2v) is 7.02. The Morgan fingerprint density at radius 2 is 1.65 bits per heavy atom. The highest BCUT2D eigenvalue weighted by Gasteiger charge is 2.58. The summed E-state index contributed by atoms with van der Waals surface area (Å²) in [6.07, 6.45) is 6.79. The second kappa shape index (κ2) is 3.47. The van der Waals surface area contributed by atoms with Gasteiger partial charge in [0, 0.05) is 17.8 Å². The van der Waals surface area contributed by atoms with Crippen LogP contribution in [0.3, 0.4) is 0 Å². The molecule has 0 aliphatic heterocycles. The zero-order valence-corrected chi connectivity index (χ0v) is 10.4. The molecule has 0 saturated heterocycles. The summed E-state index contributed by atoms with van der Waals surface area (Å²) in [5.41, 5.74) is -1.22. The van der Waals surface area contributed by atoms with Crippen molar-refractivity contribution in [3.63, 3.8) is 0 Å². The highest BCUT2D eigenvalue weighted by atomic mass is 16.4. The van der Waals surface area contributed by atoms with Crippen molar-refractivity contribution in [2.24, 2.45) is 23.2 Å². The Bertz CT molecular complexity index is 310. The van der Waals surface area contributed by atoms with Gasteiger partial charge in [-0.15, -0.1) is 0 Å². The molecule has 4 aliphatic carbocycles. The maximum Gasteiger partial charge on any atom is 0.0727 e. The molecule has 4 bridgehead atoms. The Hall–Kier alpha value is -0.570. The summed E-state index contributed by atoms with van der Waals surface area (Å²) in [6, 6.07) is 0. The molecule has 0 aromatic carbocycles. The number of aliphatic carboxylic acids is 1. The van der Waals surface area contributed by atoms with Crippen LogP contribution in [-0.4, -0.2) is 16.7 Å². The third kappa shape index (κ3) is 1.70. The van der Waals surface area contributed by atoms with Gasteiger partial charge in [-0.25, -0.2) is 0 Å². The van der Waals surface area contributed by atoms with Gasteiger partial charge in [0.2, 0.25) is 0 Å². The minimum atomic E-state index is -1.12. The lowest BCUT2D eigenvalue weighted by atomic mass is 9.45. The van der Waals surface area contributed by atoms with Crippen LogP contribution < -0.4 is 5.11 Å². The summed E-state index contributed by atoms with van der Waals surface area (Å²) >= 11 is 0. The first kappa shape index (κ1) is 11.5. The fourth-order valence-corrected chi connectivity index (χ4v) is 5.24. The van der Waals surface area contributed by atoms with E-state index >= 15 is 0 Å². The summed E-state index contributed by atoms with van der Waals surface area (Å²) in [5, 5.41) is 21.5. The lowest BCUT2D eigenvalue weighted by Gasteiger charge is -2.61. The van der Waals surface area contributed by atoms with E-state index in [1.807, 2.05) is 0 Å². The second-order valence-electron chi connectivity index (χ2n) is 7.02. The van der Waals surface area contributed by atoms with Crippen molar-refractivity contribution in [1.82, 2.24) is 0 Å². The van der Waals surface area contributed by atoms with Crippen LogP contribution in [0.1, 0.15) is 51.9 Å². The molecule has 3 nitrogen and oxygen atoms in total. The Morgan fingerprint density at radius 1 is 1.24 bits per heavy atom. The van der Waals surface area contributed by atoms with Crippen molar-refractivity contribution < 1.29 is 15.0 Å². The standard InChI is InChI=1S/C14H22O3/c1-13(17,8-12(15)16)14-5-9-2-10(6-14)4-11(3-9)7-14/h9-11,17H,2-8H2,1H3,(H,15,16)/p-1/t9?,10?,11?,13-,14?/m0/s1. The van der Waals surface area contributed by atoms with E-state index in [1.165, 1.54) is 19.3 Å². The fourth-order valence-electron chi connectivity index (χ4n) is 5.24. The van der Waals surface area contributed by atoms with Crippen LogP contribution in [0, 0.1) is 23.2 Å². The van der Waals surface area contributed by atoms with Crippen LogP contribution in [0.5, 0.6) is 0 Å². The normalized spacial score (nSPS) is 46.8. The van der Waals surface area contributed by atoms with E-state index in [9.17, 15) is 15.0 Å². The first-order valence-corrected chi connectivity index (χ1v) is 6.82. The summed E-state index contributed by atoms with van der Waals surface area (Å²) in [7, 11) is 0. The maximum absolute atomic E-state index is 10.8. The smallest absolute Gasteiger partial charge is 0.0727 e. The van der Waals surface area contributed by atoms with Gasteiger partial charge in [0.05, 0.1) is 5.60 Å². The molecule has 0 aromatic rings. The molecule has 0 aromatic heterocycles. The number of rotatable bonds is 3. The van der Waals surface area contributed by atoms with E-state index in [-0.39, 0.29) is 11.8 Å². The third-order valence-corrected chi connectivity index (χ3v) is 5.67. The minimum Gasteiger partial charge on any atom is -0.550 e. The number of hydrogen-bond acceptors (Lipinski definition) is 3. The molecule has 0 unspecified atom stereocenters. The SMILES string of the molecule is C[C@](O)(CC(=O)[O-])C12CC3CC(CC(C3)C1)C2. The predicted octanol–water partition coefficient (Wildman–Crippen LogP) is 1.09. The van der Waals surface area contributed by atoms with Crippen molar-refractivity contribution in [2.45, 2.75) is 57.5 Å². The van der Waals surface area contributed by atoms with Gasteiger partial charge in [-0.3, -0.25) is 0 Å². The van der Waals surface area contributed by atoms with Crippen molar-refractivity contribution in [1.29, 1.82) is 0 Å².